The van der Waals surface area contributed by atoms with Gasteiger partial charge in [-0.2, -0.15) is 0 Å². The van der Waals surface area contributed by atoms with Crippen LogP contribution in [0.2, 0.25) is 0 Å². The number of hydrogen-bond acceptors (Lipinski definition) is 4. The molecule has 0 spiro atoms. The lowest BCUT2D eigenvalue weighted by atomic mass is 10.0. The van der Waals surface area contributed by atoms with Crippen molar-refractivity contribution in [3.05, 3.63) is 60.2 Å². The maximum atomic E-state index is 12.8. The van der Waals surface area contributed by atoms with E-state index in [0.29, 0.717) is 19.5 Å². The molecule has 2 aliphatic heterocycles. The molecule has 0 aromatic heterocycles. The summed E-state index contributed by atoms with van der Waals surface area (Å²) in [5, 5.41) is 3.20. The highest BCUT2D eigenvalue weighted by molar-refractivity contribution is 5.89. The van der Waals surface area contributed by atoms with Gasteiger partial charge < -0.3 is 19.9 Å². The first-order chi connectivity index (χ1) is 15.1. The molecule has 1 unspecified atom stereocenters. The molecule has 2 saturated heterocycles. The van der Waals surface area contributed by atoms with Gasteiger partial charge in [-0.05, 0) is 49.1 Å². The quantitative estimate of drug-likeness (QED) is 0.747. The van der Waals surface area contributed by atoms with Gasteiger partial charge in [-0.1, -0.05) is 30.3 Å². The molecule has 4 rings (SSSR count). The molecule has 164 valence electrons. The van der Waals surface area contributed by atoms with Crippen molar-refractivity contribution in [3.8, 4) is 5.75 Å². The zero-order chi connectivity index (χ0) is 21.6. The zero-order valence-corrected chi connectivity index (χ0v) is 18.1. The van der Waals surface area contributed by atoms with Gasteiger partial charge >= 0.3 is 0 Å². The first-order valence-electron chi connectivity index (χ1n) is 11.1. The van der Waals surface area contributed by atoms with Crippen LogP contribution >= 0.6 is 0 Å². The minimum absolute atomic E-state index is 0.0264. The van der Waals surface area contributed by atoms with Crippen LogP contribution in [-0.2, 0) is 16.0 Å². The Kier molecular flexibility index (Phi) is 6.75. The van der Waals surface area contributed by atoms with E-state index in [1.54, 1.807) is 7.11 Å². The normalized spacial score (nSPS) is 19.5. The summed E-state index contributed by atoms with van der Waals surface area (Å²) in [7, 11) is 1.67. The number of rotatable bonds is 7. The molecule has 0 aliphatic carbocycles. The Morgan fingerprint density at radius 3 is 2.45 bits per heavy atom. The number of benzene rings is 2. The zero-order valence-electron chi connectivity index (χ0n) is 18.1. The van der Waals surface area contributed by atoms with Crippen LogP contribution in [0.5, 0.6) is 5.75 Å². The fourth-order valence-corrected chi connectivity index (χ4v) is 4.47. The number of amides is 2. The van der Waals surface area contributed by atoms with Crippen LogP contribution in [0.3, 0.4) is 0 Å². The fraction of sp³-hybridized carbons (Fsp3) is 0.440. The van der Waals surface area contributed by atoms with Crippen molar-refractivity contribution in [1.82, 2.24) is 10.2 Å². The molecule has 6 nitrogen and oxygen atoms in total. The van der Waals surface area contributed by atoms with Crippen molar-refractivity contribution >= 4 is 17.5 Å². The van der Waals surface area contributed by atoms with Crippen LogP contribution < -0.4 is 15.0 Å². The maximum Gasteiger partial charge on any atom is 0.225 e. The molecule has 0 saturated carbocycles. The van der Waals surface area contributed by atoms with Crippen LogP contribution in [0.25, 0.3) is 0 Å². The first-order valence-corrected chi connectivity index (χ1v) is 11.1. The van der Waals surface area contributed by atoms with E-state index >= 15 is 0 Å². The number of ether oxygens (including phenoxy) is 1. The lowest BCUT2D eigenvalue weighted by molar-refractivity contribution is -0.129. The summed E-state index contributed by atoms with van der Waals surface area (Å²) < 4.78 is 5.23. The minimum Gasteiger partial charge on any atom is -0.497 e. The number of piperidine rings is 1. The molecule has 0 bridgehead atoms. The molecule has 6 heteroatoms. The van der Waals surface area contributed by atoms with Gasteiger partial charge in [0.05, 0.1) is 13.0 Å². The highest BCUT2D eigenvalue weighted by atomic mass is 16.5. The van der Waals surface area contributed by atoms with Crippen LogP contribution in [0.4, 0.5) is 5.69 Å². The number of carbonyl (C=O) groups is 2. The van der Waals surface area contributed by atoms with Gasteiger partial charge in [-0.15, -0.1) is 0 Å². The van der Waals surface area contributed by atoms with Crippen molar-refractivity contribution < 1.29 is 14.3 Å². The third-order valence-electron chi connectivity index (χ3n) is 6.38. The Bertz CT molecular complexity index is 877. The lowest BCUT2D eigenvalue weighted by Crippen LogP contribution is -2.46. The molecular weight excluding hydrogens is 390 g/mol. The van der Waals surface area contributed by atoms with Gasteiger partial charge in [0.15, 0.2) is 0 Å². The molecule has 2 aromatic rings. The van der Waals surface area contributed by atoms with Crippen LogP contribution in [0.1, 0.15) is 24.8 Å². The highest BCUT2D eigenvalue weighted by Crippen LogP contribution is 2.24. The Morgan fingerprint density at radius 2 is 1.77 bits per heavy atom. The fourth-order valence-electron chi connectivity index (χ4n) is 4.47. The average Bonchev–Trinajstić information content (AvgIpc) is 3.19. The summed E-state index contributed by atoms with van der Waals surface area (Å²) >= 11 is 0. The van der Waals surface area contributed by atoms with E-state index in [4.69, 9.17) is 4.74 Å². The van der Waals surface area contributed by atoms with Gasteiger partial charge in [-0.3, -0.25) is 9.59 Å². The monoisotopic (exact) mass is 421 g/mol. The van der Waals surface area contributed by atoms with E-state index in [1.807, 2.05) is 35.2 Å². The number of nitrogens with zero attached hydrogens (tertiary/aromatic N) is 2. The van der Waals surface area contributed by atoms with Gasteiger partial charge in [0, 0.05) is 44.3 Å². The van der Waals surface area contributed by atoms with Crippen molar-refractivity contribution in [2.75, 3.05) is 38.2 Å². The molecule has 2 fully saturated rings. The topological polar surface area (TPSA) is 61.9 Å². The molecule has 2 heterocycles. The minimum atomic E-state index is -0.233. The van der Waals surface area contributed by atoms with Crippen LogP contribution in [0.15, 0.2) is 54.6 Å². The van der Waals surface area contributed by atoms with Crippen molar-refractivity contribution in [3.63, 3.8) is 0 Å². The number of anilines is 1. The van der Waals surface area contributed by atoms with Gasteiger partial charge in [-0.25, -0.2) is 0 Å². The second kappa shape index (κ2) is 9.86. The third kappa shape index (κ3) is 5.37. The van der Waals surface area contributed by atoms with E-state index < -0.39 is 0 Å². The summed E-state index contributed by atoms with van der Waals surface area (Å²) in [6.07, 6.45) is 2.97. The summed E-state index contributed by atoms with van der Waals surface area (Å²) in [6, 6.07) is 18.4. The SMILES string of the molecule is COc1ccc(N2CCC(NC(=O)C3CC(=O)N(CCc4ccccc4)C3)CC2)cc1. The smallest absolute Gasteiger partial charge is 0.225 e. The number of carbonyl (C=O) groups excluding carboxylic acids is 2. The Labute approximate surface area is 184 Å². The molecule has 1 N–H and O–H groups in total. The van der Waals surface area contributed by atoms with E-state index in [1.165, 1.54) is 11.3 Å². The van der Waals surface area contributed by atoms with Gasteiger partial charge in [0.2, 0.25) is 11.8 Å². The maximum absolute atomic E-state index is 12.8. The molecule has 2 aliphatic rings. The second-order valence-corrected chi connectivity index (χ2v) is 8.44. The molecule has 31 heavy (non-hydrogen) atoms. The molecule has 0 radical (unpaired) electrons. The third-order valence-corrected chi connectivity index (χ3v) is 6.38. The summed E-state index contributed by atoms with van der Waals surface area (Å²) in [5.74, 6) is 0.738. The molecular formula is C25H31N3O3. The predicted octanol–water partition coefficient (Wildman–Crippen LogP) is 2.87. The Balaban J connectivity index is 1.22. The average molecular weight is 422 g/mol. The highest BCUT2D eigenvalue weighted by Gasteiger charge is 2.35. The number of methoxy groups -OCH3 is 1. The summed E-state index contributed by atoms with van der Waals surface area (Å²) in [5.41, 5.74) is 2.40. The van der Waals surface area contributed by atoms with Crippen molar-refractivity contribution in [2.45, 2.75) is 31.7 Å². The predicted molar refractivity (Wildman–Crippen MR) is 121 cm³/mol. The number of nitrogens with one attached hydrogen (secondary N) is 1. The summed E-state index contributed by atoms with van der Waals surface area (Å²) in [6.45, 7) is 3.02. The van der Waals surface area contributed by atoms with Gasteiger partial charge in [0.25, 0.3) is 0 Å². The number of hydrogen-bond donors (Lipinski definition) is 1. The molecule has 2 aromatic carbocycles. The number of likely N-dealkylation sites (tertiary alicyclic amines) is 1. The van der Waals surface area contributed by atoms with E-state index in [-0.39, 0.29) is 23.8 Å². The van der Waals surface area contributed by atoms with E-state index in [9.17, 15) is 9.59 Å². The second-order valence-electron chi connectivity index (χ2n) is 8.44. The van der Waals surface area contributed by atoms with Crippen LogP contribution in [-0.4, -0.2) is 56.0 Å². The van der Waals surface area contributed by atoms with Crippen molar-refractivity contribution in [1.29, 1.82) is 0 Å². The van der Waals surface area contributed by atoms with Gasteiger partial charge in [0.1, 0.15) is 5.75 Å². The standard InChI is InChI=1S/C25H31N3O3/c1-31-23-9-7-22(8-10-23)27-15-12-21(13-16-27)26-25(30)20-17-24(29)28(18-20)14-11-19-5-3-2-4-6-19/h2-10,20-21H,11-18H2,1H3,(H,26,30). The van der Waals surface area contributed by atoms with Crippen molar-refractivity contribution in [2.24, 2.45) is 5.92 Å². The molecule has 1 atom stereocenters. The Hall–Kier alpha value is -3.02. The van der Waals surface area contributed by atoms with E-state index in [2.05, 4.69) is 34.5 Å². The Morgan fingerprint density at radius 1 is 1.06 bits per heavy atom. The summed E-state index contributed by atoms with van der Waals surface area (Å²) in [4.78, 5) is 29.3. The largest absolute Gasteiger partial charge is 0.497 e. The van der Waals surface area contributed by atoms with E-state index in [0.717, 1.165) is 38.1 Å². The molecule has 2 amide bonds. The van der Waals surface area contributed by atoms with Crippen LogP contribution in [0, 0.1) is 5.92 Å². The lowest BCUT2D eigenvalue weighted by Gasteiger charge is -2.34. The first kappa shape index (κ1) is 21.2.